The van der Waals surface area contributed by atoms with Crippen LogP contribution in [0, 0.1) is 0 Å². The third-order valence-electron chi connectivity index (χ3n) is 1.71. The van der Waals surface area contributed by atoms with Crippen LogP contribution < -0.4 is 5.73 Å². The molecule has 0 fully saturated rings. The van der Waals surface area contributed by atoms with Gasteiger partial charge in [-0.25, -0.2) is 0 Å². The third-order valence-corrected chi connectivity index (χ3v) is 1.71. The van der Waals surface area contributed by atoms with Crippen LogP contribution in [0.15, 0.2) is 42.4 Å². The number of hydrogen-bond donors (Lipinski definition) is 1. The van der Waals surface area contributed by atoms with Gasteiger partial charge in [0.1, 0.15) is 0 Å². The Balaban J connectivity index is 2.80. The van der Waals surface area contributed by atoms with Crippen LogP contribution in [0.5, 0.6) is 0 Å². The zero-order valence-electron chi connectivity index (χ0n) is 7.04. The molecule has 2 rings (SSSR count). The lowest BCUT2D eigenvalue weighted by atomic mass is 10.1. The Kier molecular flexibility index (Phi) is 1.07. The van der Waals surface area contributed by atoms with Crippen LogP contribution >= 0.6 is 0 Å². The SMILES string of the molecule is [2H]c1ccc2ccc(N)cc2c1. The number of rotatable bonds is 0. The zero-order valence-corrected chi connectivity index (χ0v) is 6.04. The Hall–Kier alpha value is -1.50. The average molecular weight is 144 g/mol. The molecule has 2 N–H and O–H groups in total. The molecule has 0 saturated carbocycles. The predicted molar refractivity (Wildman–Crippen MR) is 48.4 cm³/mol. The van der Waals surface area contributed by atoms with Gasteiger partial charge in [0.15, 0.2) is 0 Å². The summed E-state index contributed by atoms with van der Waals surface area (Å²) < 4.78 is 7.41. The van der Waals surface area contributed by atoms with Crippen LogP contribution in [0.3, 0.4) is 0 Å². The summed E-state index contributed by atoms with van der Waals surface area (Å²) in [6.45, 7) is 0. The van der Waals surface area contributed by atoms with E-state index in [0.29, 0.717) is 6.04 Å². The van der Waals surface area contributed by atoms with Crippen molar-refractivity contribution in [2.45, 2.75) is 0 Å². The smallest absolute Gasteiger partial charge is 0.0623 e. The van der Waals surface area contributed by atoms with Gasteiger partial charge in [0.05, 0.1) is 1.37 Å². The fourth-order valence-corrected chi connectivity index (χ4v) is 1.15. The number of benzene rings is 2. The second-order valence-electron chi connectivity index (χ2n) is 2.53. The lowest BCUT2D eigenvalue weighted by Gasteiger charge is -1.96. The van der Waals surface area contributed by atoms with Crippen LogP contribution in [0.25, 0.3) is 10.8 Å². The van der Waals surface area contributed by atoms with E-state index in [-0.39, 0.29) is 0 Å². The normalized spacial score (nSPS) is 11.5. The van der Waals surface area contributed by atoms with Crippen molar-refractivity contribution >= 4 is 16.5 Å². The highest BCUT2D eigenvalue weighted by atomic mass is 14.5. The Morgan fingerprint density at radius 2 is 2.00 bits per heavy atom. The van der Waals surface area contributed by atoms with Gasteiger partial charge in [-0.2, -0.15) is 0 Å². The molecule has 0 saturated heterocycles. The summed E-state index contributed by atoms with van der Waals surface area (Å²) in [5, 5.41) is 2.16. The molecule has 0 aliphatic carbocycles. The van der Waals surface area contributed by atoms with Crippen molar-refractivity contribution in [2.24, 2.45) is 0 Å². The zero-order chi connectivity index (χ0) is 8.55. The second-order valence-corrected chi connectivity index (χ2v) is 2.53. The quantitative estimate of drug-likeness (QED) is 0.564. The van der Waals surface area contributed by atoms with Crippen molar-refractivity contribution in [1.82, 2.24) is 0 Å². The molecule has 0 aliphatic rings. The fraction of sp³-hybridized carbons (Fsp3) is 0. The summed E-state index contributed by atoms with van der Waals surface area (Å²) in [6.07, 6.45) is 0. The lowest BCUT2D eigenvalue weighted by Crippen LogP contribution is -1.82. The van der Waals surface area contributed by atoms with E-state index < -0.39 is 0 Å². The largest absolute Gasteiger partial charge is 0.399 e. The molecule has 0 bridgehead atoms. The van der Waals surface area contributed by atoms with Gasteiger partial charge in [-0.1, -0.05) is 30.3 Å². The van der Waals surface area contributed by atoms with Crippen molar-refractivity contribution in [3.8, 4) is 0 Å². The summed E-state index contributed by atoms with van der Waals surface area (Å²) >= 11 is 0. The highest BCUT2D eigenvalue weighted by Crippen LogP contribution is 2.15. The van der Waals surface area contributed by atoms with Crippen molar-refractivity contribution < 1.29 is 1.37 Å². The first-order chi connectivity index (χ1) is 5.75. The monoisotopic (exact) mass is 144 g/mol. The molecule has 2 aromatic carbocycles. The lowest BCUT2D eigenvalue weighted by molar-refractivity contribution is 1.73. The van der Waals surface area contributed by atoms with Gasteiger partial charge in [0.2, 0.25) is 0 Å². The molecule has 0 aliphatic heterocycles. The molecule has 0 amide bonds. The number of nitrogen functional groups attached to an aromatic ring is 1. The van der Waals surface area contributed by atoms with Gasteiger partial charge >= 0.3 is 0 Å². The van der Waals surface area contributed by atoms with Gasteiger partial charge in [-0.3, -0.25) is 0 Å². The topological polar surface area (TPSA) is 26.0 Å². The molecule has 2 aromatic rings. The molecular formula is C10H9N. The number of anilines is 1. The molecule has 1 heteroatoms. The van der Waals surface area contributed by atoms with E-state index in [2.05, 4.69) is 0 Å². The molecular weight excluding hydrogens is 134 g/mol. The Labute approximate surface area is 66.9 Å². The van der Waals surface area contributed by atoms with Crippen LogP contribution in [0.1, 0.15) is 1.37 Å². The Morgan fingerprint density at radius 1 is 1.09 bits per heavy atom. The van der Waals surface area contributed by atoms with Crippen LogP contribution in [-0.2, 0) is 0 Å². The first-order valence-corrected chi connectivity index (χ1v) is 3.51. The summed E-state index contributed by atoms with van der Waals surface area (Å²) in [6, 6.07) is 11.7. The molecule has 0 heterocycles. The Bertz CT molecular complexity index is 386. The van der Waals surface area contributed by atoms with E-state index in [1.54, 1.807) is 6.07 Å². The van der Waals surface area contributed by atoms with Crippen molar-refractivity contribution in [2.75, 3.05) is 5.73 Å². The van der Waals surface area contributed by atoms with E-state index in [0.717, 1.165) is 16.5 Å². The summed E-state index contributed by atoms with van der Waals surface area (Å²) in [5.41, 5.74) is 6.36. The molecule has 0 aromatic heterocycles. The van der Waals surface area contributed by atoms with Crippen molar-refractivity contribution in [1.29, 1.82) is 0 Å². The number of fused-ring (bicyclic) bond motifs is 1. The van der Waals surface area contributed by atoms with E-state index in [1.165, 1.54) is 0 Å². The summed E-state index contributed by atoms with van der Waals surface area (Å²) in [4.78, 5) is 0. The first kappa shape index (κ1) is 5.19. The second kappa shape index (κ2) is 2.27. The number of nitrogens with two attached hydrogens (primary N) is 1. The maximum Gasteiger partial charge on any atom is 0.0623 e. The highest BCUT2D eigenvalue weighted by Gasteiger charge is 1.89. The van der Waals surface area contributed by atoms with E-state index in [9.17, 15) is 0 Å². The van der Waals surface area contributed by atoms with Crippen molar-refractivity contribution in [3.05, 3.63) is 42.4 Å². The summed E-state index contributed by atoms with van der Waals surface area (Å²) in [5.74, 6) is 0. The molecule has 0 radical (unpaired) electrons. The van der Waals surface area contributed by atoms with Gasteiger partial charge in [-0.05, 0) is 22.9 Å². The maximum absolute atomic E-state index is 7.41. The third kappa shape index (κ3) is 1.05. The molecule has 0 spiro atoms. The van der Waals surface area contributed by atoms with Crippen LogP contribution in [0.4, 0.5) is 5.69 Å². The predicted octanol–water partition coefficient (Wildman–Crippen LogP) is 2.42. The number of hydrogen-bond acceptors (Lipinski definition) is 1. The van der Waals surface area contributed by atoms with E-state index in [4.69, 9.17) is 7.10 Å². The summed E-state index contributed by atoms with van der Waals surface area (Å²) in [7, 11) is 0. The van der Waals surface area contributed by atoms with Crippen LogP contribution in [0.2, 0.25) is 0 Å². The standard InChI is InChI=1S/C10H9N/c11-10-6-5-8-3-1-2-4-9(8)7-10/h1-7H,11H2/i2D. The fourth-order valence-electron chi connectivity index (χ4n) is 1.15. The minimum absolute atomic E-state index is 0.521. The van der Waals surface area contributed by atoms with E-state index in [1.807, 2.05) is 30.3 Å². The molecule has 54 valence electrons. The minimum Gasteiger partial charge on any atom is -0.399 e. The van der Waals surface area contributed by atoms with Gasteiger partial charge in [0.25, 0.3) is 0 Å². The molecule has 0 atom stereocenters. The average Bonchev–Trinajstić information content (AvgIpc) is 2.03. The van der Waals surface area contributed by atoms with Gasteiger partial charge < -0.3 is 5.73 Å². The molecule has 0 unspecified atom stereocenters. The minimum atomic E-state index is 0.521. The van der Waals surface area contributed by atoms with E-state index >= 15 is 0 Å². The molecule has 1 nitrogen and oxygen atoms in total. The maximum atomic E-state index is 7.41. The van der Waals surface area contributed by atoms with Crippen LogP contribution in [-0.4, -0.2) is 0 Å². The van der Waals surface area contributed by atoms with Gasteiger partial charge in [-0.15, -0.1) is 0 Å². The molecule has 11 heavy (non-hydrogen) atoms. The Morgan fingerprint density at radius 3 is 2.91 bits per heavy atom. The van der Waals surface area contributed by atoms with Gasteiger partial charge in [0, 0.05) is 5.69 Å². The van der Waals surface area contributed by atoms with Crippen molar-refractivity contribution in [3.63, 3.8) is 0 Å². The first-order valence-electron chi connectivity index (χ1n) is 4.01. The highest BCUT2D eigenvalue weighted by molar-refractivity contribution is 5.85.